The lowest BCUT2D eigenvalue weighted by atomic mass is 9.68. The van der Waals surface area contributed by atoms with Gasteiger partial charge in [-0.2, -0.15) is 0 Å². The van der Waals surface area contributed by atoms with Gasteiger partial charge in [0.2, 0.25) is 0 Å². The van der Waals surface area contributed by atoms with Gasteiger partial charge in [0.15, 0.2) is 0 Å². The van der Waals surface area contributed by atoms with Crippen LogP contribution in [0.1, 0.15) is 43.6 Å². The molecule has 1 aromatic rings. The van der Waals surface area contributed by atoms with Crippen molar-refractivity contribution in [3.63, 3.8) is 0 Å². The minimum Gasteiger partial charge on any atom is -0.481 e. The molecule has 1 aromatic heterocycles. The van der Waals surface area contributed by atoms with Gasteiger partial charge in [-0.3, -0.25) is 4.79 Å². The molecule has 1 amide bonds. The fraction of sp³-hybridized carbons (Fsp3) is 0.692. The first kappa shape index (κ1) is 15.7. The molecular formula is C13H19N3O4S. The summed E-state index contributed by atoms with van der Waals surface area (Å²) in [4.78, 5) is 23.0. The first-order valence-corrected chi connectivity index (χ1v) is 7.47. The lowest BCUT2D eigenvalue weighted by Gasteiger charge is -2.44. The van der Waals surface area contributed by atoms with Gasteiger partial charge >= 0.3 is 12.1 Å². The molecule has 0 atom stereocenters. The number of hydrogen-bond acceptors (Lipinski definition) is 6. The molecule has 116 valence electrons. The highest BCUT2D eigenvalue weighted by atomic mass is 32.1. The van der Waals surface area contributed by atoms with E-state index in [4.69, 9.17) is 9.84 Å². The molecule has 1 saturated carbocycles. The summed E-state index contributed by atoms with van der Waals surface area (Å²) in [5.74, 6) is -1.35. The summed E-state index contributed by atoms with van der Waals surface area (Å²) in [7, 11) is 0. The van der Waals surface area contributed by atoms with Crippen molar-refractivity contribution < 1.29 is 19.4 Å². The van der Waals surface area contributed by atoms with Gasteiger partial charge in [0.25, 0.3) is 0 Å². The SMILES string of the molecule is Cc1nnc(C2(NC(=O)OC(C)(C)C)CC(C(=O)O)C2)s1. The summed E-state index contributed by atoms with van der Waals surface area (Å²) in [5.41, 5.74) is -1.39. The van der Waals surface area contributed by atoms with Crippen LogP contribution < -0.4 is 5.32 Å². The summed E-state index contributed by atoms with van der Waals surface area (Å²) >= 11 is 1.36. The zero-order chi connectivity index (χ0) is 15.8. The molecule has 0 aromatic carbocycles. The third-order valence-electron chi connectivity index (χ3n) is 3.21. The number of carbonyl (C=O) groups is 2. The minimum atomic E-state index is -0.863. The molecule has 0 aliphatic heterocycles. The maximum Gasteiger partial charge on any atom is 0.408 e. The van der Waals surface area contributed by atoms with E-state index in [1.165, 1.54) is 11.3 Å². The molecule has 2 N–H and O–H groups in total. The minimum absolute atomic E-state index is 0.302. The molecule has 1 aliphatic carbocycles. The fourth-order valence-electron chi connectivity index (χ4n) is 2.28. The predicted octanol–water partition coefficient (Wildman–Crippen LogP) is 2.06. The van der Waals surface area contributed by atoms with E-state index in [2.05, 4.69) is 15.5 Å². The van der Waals surface area contributed by atoms with Crippen molar-refractivity contribution in [1.82, 2.24) is 15.5 Å². The van der Waals surface area contributed by atoms with Crippen molar-refractivity contribution in [3.8, 4) is 0 Å². The third-order valence-corrected chi connectivity index (χ3v) is 4.26. The number of alkyl carbamates (subject to hydrolysis) is 1. The summed E-state index contributed by atoms with van der Waals surface area (Å²) in [6.07, 6.45) is 0.0334. The van der Waals surface area contributed by atoms with E-state index in [9.17, 15) is 9.59 Å². The normalized spacial score (nSPS) is 25.0. The van der Waals surface area contributed by atoms with Gasteiger partial charge in [0, 0.05) is 0 Å². The van der Waals surface area contributed by atoms with E-state index in [1.54, 1.807) is 20.8 Å². The Bertz CT molecular complexity index is 558. The molecule has 1 heterocycles. The molecule has 21 heavy (non-hydrogen) atoms. The highest BCUT2D eigenvalue weighted by Crippen LogP contribution is 2.46. The highest BCUT2D eigenvalue weighted by molar-refractivity contribution is 7.11. The number of aryl methyl sites for hydroxylation is 1. The molecule has 0 saturated heterocycles. The van der Waals surface area contributed by atoms with Crippen LogP contribution in [0.15, 0.2) is 0 Å². The summed E-state index contributed by atoms with van der Waals surface area (Å²) in [6, 6.07) is 0. The van der Waals surface area contributed by atoms with E-state index in [0.29, 0.717) is 17.8 Å². The van der Waals surface area contributed by atoms with Crippen molar-refractivity contribution in [1.29, 1.82) is 0 Å². The maximum absolute atomic E-state index is 12.0. The topological polar surface area (TPSA) is 101 Å². The Hall–Kier alpha value is -1.70. The van der Waals surface area contributed by atoms with Crippen LogP contribution in [-0.4, -0.2) is 33.0 Å². The van der Waals surface area contributed by atoms with Crippen LogP contribution in [0.2, 0.25) is 0 Å². The molecule has 0 bridgehead atoms. The van der Waals surface area contributed by atoms with Crippen LogP contribution in [-0.2, 0) is 15.1 Å². The number of carbonyl (C=O) groups excluding carboxylic acids is 1. The Morgan fingerprint density at radius 2 is 2.00 bits per heavy atom. The number of carboxylic acid groups (broad SMARTS) is 1. The number of nitrogens with zero attached hydrogens (tertiary/aromatic N) is 2. The van der Waals surface area contributed by atoms with Gasteiger partial charge in [-0.25, -0.2) is 4.79 Å². The van der Waals surface area contributed by atoms with Gasteiger partial charge in [-0.15, -0.1) is 10.2 Å². The average Bonchev–Trinajstić information content (AvgIpc) is 2.66. The number of aromatic nitrogens is 2. The van der Waals surface area contributed by atoms with Gasteiger partial charge in [-0.05, 0) is 40.5 Å². The standard InChI is InChI=1S/C13H19N3O4S/c1-7-15-16-10(21-7)13(5-8(6-13)9(17)18)14-11(19)20-12(2,3)4/h8H,5-6H2,1-4H3,(H,14,19)(H,17,18). The van der Waals surface area contributed by atoms with Gasteiger partial charge < -0.3 is 15.2 Å². The Morgan fingerprint density at radius 1 is 1.38 bits per heavy atom. The second-order valence-corrected chi connectivity index (χ2v) is 7.46. The van der Waals surface area contributed by atoms with Crippen LogP contribution in [0.25, 0.3) is 0 Å². The van der Waals surface area contributed by atoms with Crippen molar-refractivity contribution in [2.75, 3.05) is 0 Å². The van der Waals surface area contributed by atoms with Crippen molar-refractivity contribution in [2.45, 2.75) is 51.7 Å². The monoisotopic (exact) mass is 313 g/mol. The van der Waals surface area contributed by atoms with Gasteiger partial charge in [0.05, 0.1) is 11.5 Å². The van der Waals surface area contributed by atoms with Crippen molar-refractivity contribution in [2.24, 2.45) is 5.92 Å². The fourth-order valence-corrected chi connectivity index (χ4v) is 3.13. The first-order valence-electron chi connectivity index (χ1n) is 6.66. The number of nitrogens with one attached hydrogen (secondary N) is 1. The molecule has 7 nitrogen and oxygen atoms in total. The van der Waals surface area contributed by atoms with Gasteiger partial charge in [0.1, 0.15) is 15.6 Å². The third kappa shape index (κ3) is 3.49. The van der Waals surface area contributed by atoms with Crippen LogP contribution in [0.5, 0.6) is 0 Å². The molecule has 1 aliphatic rings. The lowest BCUT2D eigenvalue weighted by Crippen LogP contribution is -2.57. The number of amides is 1. The molecule has 1 fully saturated rings. The summed E-state index contributed by atoms with van der Waals surface area (Å²) in [5, 5.41) is 21.3. The Kier molecular flexibility index (Phi) is 3.92. The predicted molar refractivity (Wildman–Crippen MR) is 76.1 cm³/mol. The molecule has 0 unspecified atom stereocenters. The van der Waals surface area contributed by atoms with E-state index in [-0.39, 0.29) is 0 Å². The average molecular weight is 313 g/mol. The zero-order valence-corrected chi connectivity index (χ0v) is 13.3. The number of hydrogen-bond donors (Lipinski definition) is 2. The maximum atomic E-state index is 12.0. The van der Waals surface area contributed by atoms with E-state index < -0.39 is 29.1 Å². The zero-order valence-electron chi connectivity index (χ0n) is 12.5. The van der Waals surface area contributed by atoms with E-state index >= 15 is 0 Å². The molecule has 0 spiro atoms. The van der Waals surface area contributed by atoms with E-state index in [1.807, 2.05) is 6.92 Å². The highest BCUT2D eigenvalue weighted by Gasteiger charge is 2.52. The van der Waals surface area contributed by atoms with Crippen LogP contribution in [0.4, 0.5) is 4.79 Å². The summed E-state index contributed by atoms with van der Waals surface area (Å²) in [6.45, 7) is 7.13. The molecule has 2 rings (SSSR count). The number of rotatable bonds is 3. The Labute approximate surface area is 126 Å². The van der Waals surface area contributed by atoms with E-state index in [0.717, 1.165) is 5.01 Å². The largest absolute Gasteiger partial charge is 0.481 e. The first-order chi connectivity index (χ1) is 9.61. The Balaban J connectivity index is 2.15. The number of carboxylic acids is 1. The number of ether oxygens (including phenoxy) is 1. The van der Waals surface area contributed by atoms with Gasteiger partial charge in [-0.1, -0.05) is 11.3 Å². The van der Waals surface area contributed by atoms with Crippen LogP contribution in [0.3, 0.4) is 0 Å². The van der Waals surface area contributed by atoms with Crippen molar-refractivity contribution in [3.05, 3.63) is 10.0 Å². The Morgan fingerprint density at radius 3 is 2.43 bits per heavy atom. The quantitative estimate of drug-likeness (QED) is 0.885. The second kappa shape index (κ2) is 5.25. The van der Waals surface area contributed by atoms with Crippen LogP contribution >= 0.6 is 11.3 Å². The smallest absolute Gasteiger partial charge is 0.408 e. The number of aliphatic carboxylic acids is 1. The lowest BCUT2D eigenvalue weighted by molar-refractivity contribution is -0.148. The molecule has 0 radical (unpaired) electrons. The molecule has 8 heteroatoms. The van der Waals surface area contributed by atoms with Crippen LogP contribution in [0, 0.1) is 12.8 Å². The molecular weight excluding hydrogens is 294 g/mol. The second-order valence-electron chi connectivity index (χ2n) is 6.28. The van der Waals surface area contributed by atoms with Crippen molar-refractivity contribution >= 4 is 23.4 Å². The summed E-state index contributed by atoms with van der Waals surface area (Å²) < 4.78 is 5.25.